The summed E-state index contributed by atoms with van der Waals surface area (Å²) in [5.74, 6) is 1.36. The lowest BCUT2D eigenvalue weighted by atomic mass is 10.0. The molecule has 0 saturated heterocycles. The van der Waals surface area contributed by atoms with Gasteiger partial charge in [0, 0.05) is 24.5 Å². The number of anilines is 3. The van der Waals surface area contributed by atoms with Gasteiger partial charge in [-0.2, -0.15) is 0 Å². The second-order valence-corrected chi connectivity index (χ2v) is 5.90. The molecule has 0 bridgehead atoms. The van der Waals surface area contributed by atoms with E-state index in [1.165, 1.54) is 5.56 Å². The summed E-state index contributed by atoms with van der Waals surface area (Å²) in [5, 5.41) is 6.79. The van der Waals surface area contributed by atoms with Crippen LogP contribution < -0.4 is 10.2 Å². The van der Waals surface area contributed by atoms with E-state index >= 15 is 0 Å². The summed E-state index contributed by atoms with van der Waals surface area (Å²) in [6, 6.07) is 11.3. The lowest BCUT2D eigenvalue weighted by molar-refractivity contribution is 0.0980. The molecule has 0 fully saturated rings. The van der Waals surface area contributed by atoms with E-state index in [1.807, 2.05) is 18.2 Å². The molecular weight excluding hydrogens is 318 g/mol. The van der Waals surface area contributed by atoms with E-state index in [0.717, 1.165) is 18.5 Å². The molecule has 0 spiro atoms. The van der Waals surface area contributed by atoms with E-state index in [4.69, 9.17) is 4.52 Å². The van der Waals surface area contributed by atoms with Gasteiger partial charge in [0.1, 0.15) is 11.5 Å². The lowest BCUT2D eigenvalue weighted by Crippen LogP contribution is -2.36. The first-order chi connectivity index (χ1) is 12.2. The van der Waals surface area contributed by atoms with E-state index in [9.17, 15) is 4.79 Å². The molecule has 4 rings (SSSR count). The lowest BCUT2D eigenvalue weighted by Gasteiger charge is -2.29. The molecule has 0 unspecified atom stereocenters. The van der Waals surface area contributed by atoms with Crippen LogP contribution in [0.1, 0.15) is 28.2 Å². The van der Waals surface area contributed by atoms with Crippen molar-refractivity contribution in [3.8, 4) is 0 Å². The highest BCUT2D eigenvalue weighted by Crippen LogP contribution is 2.27. The summed E-state index contributed by atoms with van der Waals surface area (Å²) in [6.45, 7) is 2.48. The average Bonchev–Trinajstić information content (AvgIpc) is 3.05. The largest absolute Gasteiger partial charge is 0.360 e. The van der Waals surface area contributed by atoms with E-state index in [-0.39, 0.29) is 5.91 Å². The molecule has 126 valence electrons. The molecule has 25 heavy (non-hydrogen) atoms. The first kappa shape index (κ1) is 15.3. The number of carbonyl (C=O) groups excluding carboxylic acids is 1. The quantitative estimate of drug-likeness (QED) is 0.792. The molecule has 2 aromatic heterocycles. The van der Waals surface area contributed by atoms with Crippen LogP contribution >= 0.6 is 0 Å². The van der Waals surface area contributed by atoms with Gasteiger partial charge < -0.3 is 14.7 Å². The third-order valence-corrected chi connectivity index (χ3v) is 4.10. The van der Waals surface area contributed by atoms with Gasteiger partial charge >= 0.3 is 0 Å². The Morgan fingerprint density at radius 2 is 2.16 bits per heavy atom. The molecule has 3 aromatic rings. The Morgan fingerprint density at radius 3 is 3.00 bits per heavy atom. The Bertz CT molecular complexity index is 921. The summed E-state index contributed by atoms with van der Waals surface area (Å²) in [4.78, 5) is 23.2. The van der Waals surface area contributed by atoms with Crippen molar-refractivity contribution < 1.29 is 9.32 Å². The standard InChI is InChI=1S/C18H17N5O2/c1-12-11-16(22-25-12)21-18-19-9-8-14(20-18)17(24)23-10-4-6-13-5-2-3-7-15(13)23/h2-3,5,7-9,11H,4,6,10H2,1H3,(H,19,20,21,22). The van der Waals surface area contributed by atoms with Crippen LogP contribution in [0.3, 0.4) is 0 Å². The molecule has 1 N–H and O–H groups in total. The second-order valence-electron chi connectivity index (χ2n) is 5.90. The third-order valence-electron chi connectivity index (χ3n) is 4.10. The first-order valence-electron chi connectivity index (χ1n) is 8.14. The minimum atomic E-state index is -0.131. The highest BCUT2D eigenvalue weighted by atomic mass is 16.5. The van der Waals surface area contributed by atoms with E-state index < -0.39 is 0 Å². The molecule has 0 radical (unpaired) electrons. The number of rotatable bonds is 3. The van der Waals surface area contributed by atoms with Crippen molar-refractivity contribution in [1.29, 1.82) is 0 Å². The SMILES string of the molecule is Cc1cc(Nc2nccc(C(=O)N3CCCc4ccccc43)n2)no1. The number of nitrogens with one attached hydrogen (secondary N) is 1. The van der Waals surface area contributed by atoms with Gasteiger partial charge in [-0.05, 0) is 37.5 Å². The molecule has 1 aliphatic heterocycles. The van der Waals surface area contributed by atoms with Crippen LogP contribution in [0.2, 0.25) is 0 Å². The van der Waals surface area contributed by atoms with E-state index in [2.05, 4.69) is 26.5 Å². The molecule has 7 heteroatoms. The van der Waals surface area contributed by atoms with E-state index in [0.29, 0.717) is 29.8 Å². The molecule has 3 heterocycles. The maximum atomic E-state index is 12.9. The molecule has 0 saturated carbocycles. The summed E-state index contributed by atoms with van der Waals surface area (Å²) in [6.07, 6.45) is 3.49. The average molecular weight is 335 g/mol. The number of hydrogen-bond donors (Lipinski definition) is 1. The molecule has 0 aliphatic carbocycles. The van der Waals surface area contributed by atoms with Crippen molar-refractivity contribution in [2.45, 2.75) is 19.8 Å². The van der Waals surface area contributed by atoms with Gasteiger partial charge in [-0.25, -0.2) is 9.97 Å². The number of benzene rings is 1. The fourth-order valence-electron chi connectivity index (χ4n) is 2.96. The van der Waals surface area contributed by atoms with Gasteiger partial charge in [0.25, 0.3) is 5.91 Å². The topological polar surface area (TPSA) is 84.2 Å². The molecule has 7 nitrogen and oxygen atoms in total. The van der Waals surface area contributed by atoms with Gasteiger partial charge in [-0.1, -0.05) is 23.4 Å². The number of carbonyl (C=O) groups is 1. The van der Waals surface area contributed by atoms with Crippen LogP contribution in [-0.2, 0) is 6.42 Å². The van der Waals surface area contributed by atoms with Crippen molar-refractivity contribution >= 4 is 23.4 Å². The van der Waals surface area contributed by atoms with Crippen LogP contribution in [0, 0.1) is 6.92 Å². The number of aromatic nitrogens is 3. The zero-order valence-electron chi connectivity index (χ0n) is 13.8. The third kappa shape index (κ3) is 3.08. The Hall–Kier alpha value is -3.22. The fraction of sp³-hybridized carbons (Fsp3) is 0.222. The summed E-state index contributed by atoms with van der Waals surface area (Å²) < 4.78 is 5.01. The minimum Gasteiger partial charge on any atom is -0.360 e. The highest BCUT2D eigenvalue weighted by molar-refractivity contribution is 6.05. The van der Waals surface area contributed by atoms with Crippen molar-refractivity contribution in [2.24, 2.45) is 0 Å². The number of aryl methyl sites for hydroxylation is 2. The van der Waals surface area contributed by atoms with Crippen LogP contribution in [0.5, 0.6) is 0 Å². The van der Waals surface area contributed by atoms with Crippen LogP contribution in [-0.4, -0.2) is 27.6 Å². The Morgan fingerprint density at radius 1 is 1.28 bits per heavy atom. The predicted molar refractivity (Wildman–Crippen MR) is 93.0 cm³/mol. The summed E-state index contributed by atoms with van der Waals surface area (Å²) >= 11 is 0. The minimum absolute atomic E-state index is 0.131. The normalized spacial score (nSPS) is 13.4. The van der Waals surface area contributed by atoms with Gasteiger partial charge in [0.2, 0.25) is 5.95 Å². The van der Waals surface area contributed by atoms with Crippen LogP contribution in [0.4, 0.5) is 17.5 Å². The smallest absolute Gasteiger partial charge is 0.277 e. The molecular formula is C18H17N5O2. The van der Waals surface area contributed by atoms with Crippen molar-refractivity contribution in [1.82, 2.24) is 15.1 Å². The fourth-order valence-corrected chi connectivity index (χ4v) is 2.96. The predicted octanol–water partition coefficient (Wildman–Crippen LogP) is 3.11. The zero-order chi connectivity index (χ0) is 17.2. The number of hydrogen-bond acceptors (Lipinski definition) is 6. The maximum Gasteiger partial charge on any atom is 0.277 e. The van der Waals surface area contributed by atoms with Crippen molar-refractivity contribution in [3.05, 3.63) is 59.6 Å². The maximum absolute atomic E-state index is 12.9. The Kier molecular flexibility index (Phi) is 3.89. The number of amides is 1. The molecule has 1 aromatic carbocycles. The van der Waals surface area contributed by atoms with Crippen LogP contribution in [0.15, 0.2) is 47.1 Å². The highest BCUT2D eigenvalue weighted by Gasteiger charge is 2.24. The van der Waals surface area contributed by atoms with Gasteiger partial charge in [-0.3, -0.25) is 4.79 Å². The second kappa shape index (κ2) is 6.35. The van der Waals surface area contributed by atoms with Crippen LogP contribution in [0.25, 0.3) is 0 Å². The summed E-state index contributed by atoms with van der Waals surface area (Å²) in [5.41, 5.74) is 2.49. The Balaban J connectivity index is 1.60. The monoisotopic (exact) mass is 335 g/mol. The van der Waals surface area contributed by atoms with Gasteiger partial charge in [-0.15, -0.1) is 0 Å². The molecule has 0 atom stereocenters. The number of nitrogens with zero attached hydrogens (tertiary/aromatic N) is 4. The summed E-state index contributed by atoms with van der Waals surface area (Å²) in [7, 11) is 0. The van der Waals surface area contributed by atoms with E-state index in [1.54, 1.807) is 30.2 Å². The number of para-hydroxylation sites is 1. The van der Waals surface area contributed by atoms with Gasteiger partial charge in [0.15, 0.2) is 5.82 Å². The Labute approximate surface area is 144 Å². The zero-order valence-corrected chi connectivity index (χ0v) is 13.8. The first-order valence-corrected chi connectivity index (χ1v) is 8.14. The molecule has 1 amide bonds. The van der Waals surface area contributed by atoms with Crippen molar-refractivity contribution in [2.75, 3.05) is 16.8 Å². The number of fused-ring (bicyclic) bond motifs is 1. The molecule has 1 aliphatic rings. The van der Waals surface area contributed by atoms with Crippen molar-refractivity contribution in [3.63, 3.8) is 0 Å². The van der Waals surface area contributed by atoms with Gasteiger partial charge in [0.05, 0.1) is 0 Å².